The van der Waals surface area contributed by atoms with E-state index in [0.717, 1.165) is 0 Å². The van der Waals surface area contributed by atoms with Gasteiger partial charge in [0, 0.05) is 0 Å². The second-order valence-corrected chi connectivity index (χ2v) is 1.83. The first-order chi connectivity index (χ1) is 4.70. The molecule has 0 bridgehead atoms. The number of hydrogen-bond acceptors (Lipinski definition) is 4. The van der Waals surface area contributed by atoms with Crippen molar-refractivity contribution in [3.63, 3.8) is 0 Å². The van der Waals surface area contributed by atoms with Gasteiger partial charge in [-0.05, 0) is 0 Å². The van der Waals surface area contributed by atoms with Gasteiger partial charge >= 0.3 is 13.7 Å². The Morgan fingerprint density at radius 1 is 1.80 bits per heavy atom. The Hall–Kier alpha value is -1.04. The van der Waals surface area contributed by atoms with Crippen LogP contribution in [0.25, 0.3) is 0 Å². The summed E-state index contributed by atoms with van der Waals surface area (Å²) in [6.45, 7) is 0. The van der Waals surface area contributed by atoms with E-state index in [1.807, 2.05) is 0 Å². The number of hydrogen-bond donors (Lipinski definition) is 1. The highest BCUT2D eigenvalue weighted by Crippen LogP contribution is 2.05. The Balaban J connectivity index is 2.47. The highest BCUT2D eigenvalue weighted by atomic mass is 16.6. The minimum atomic E-state index is -1.13. The first-order valence-corrected chi connectivity index (χ1v) is 2.70. The Morgan fingerprint density at radius 2 is 2.50 bits per heavy atom. The molecule has 0 radical (unpaired) electrons. The van der Waals surface area contributed by atoms with Crippen LogP contribution < -0.4 is 0 Å². The third kappa shape index (κ3) is 1.47. The monoisotopic (exact) mass is 144 g/mol. The Labute approximate surface area is 57.2 Å². The fourth-order valence-corrected chi connectivity index (χ4v) is 0.610. The molecule has 0 aliphatic carbocycles. The summed E-state index contributed by atoms with van der Waals surface area (Å²) in [6.07, 6.45) is -1.23. The third-order valence-corrected chi connectivity index (χ3v) is 1.12. The van der Waals surface area contributed by atoms with Gasteiger partial charge in [0.1, 0.15) is 0 Å². The molecule has 1 fully saturated rings. The average molecular weight is 144 g/mol. The van der Waals surface area contributed by atoms with Gasteiger partial charge in [0.25, 0.3) is 5.97 Å². The molecule has 1 unspecified atom stereocenters. The largest absolute Gasteiger partial charge is 0.512 e. The van der Waals surface area contributed by atoms with Gasteiger partial charge < -0.3 is 14.4 Å². The molecule has 0 amide bonds. The topological polar surface area (TPSA) is 72.8 Å². The number of aliphatic carboxylic acids is 1. The summed E-state index contributed by atoms with van der Waals surface area (Å²) in [5.41, 5.74) is 0. The van der Waals surface area contributed by atoms with Gasteiger partial charge in [-0.2, -0.15) is 0 Å². The molecule has 1 aliphatic heterocycles. The smallest absolute Gasteiger partial charge is 0.509 e. The van der Waals surface area contributed by atoms with Gasteiger partial charge in [0.15, 0.2) is 6.10 Å². The highest BCUT2D eigenvalue weighted by Gasteiger charge is 2.27. The summed E-state index contributed by atoms with van der Waals surface area (Å²) < 4.78 is 8.90. The van der Waals surface area contributed by atoms with Crippen LogP contribution in [0.5, 0.6) is 0 Å². The standard InChI is InChI=1S/C4H5BO5/c6-3-1-2(4(7)8)9-5-10-3/h2,5H,1H2,(H,7,8). The summed E-state index contributed by atoms with van der Waals surface area (Å²) in [7, 11) is -0.254. The maximum atomic E-state index is 10.4. The molecule has 0 aromatic heterocycles. The van der Waals surface area contributed by atoms with Crippen LogP contribution in [0.4, 0.5) is 0 Å². The molecule has 1 saturated heterocycles. The lowest BCUT2D eigenvalue weighted by Gasteiger charge is -2.17. The molecule has 0 spiro atoms. The molecule has 10 heavy (non-hydrogen) atoms. The van der Waals surface area contributed by atoms with Crippen molar-refractivity contribution in [3.8, 4) is 0 Å². The van der Waals surface area contributed by atoms with E-state index in [0.29, 0.717) is 0 Å². The van der Waals surface area contributed by atoms with E-state index in [4.69, 9.17) is 5.11 Å². The van der Waals surface area contributed by atoms with Crippen molar-refractivity contribution in [2.24, 2.45) is 0 Å². The summed E-state index contributed by atoms with van der Waals surface area (Å²) in [5.74, 6) is -1.66. The first kappa shape index (κ1) is 7.08. The first-order valence-electron chi connectivity index (χ1n) is 2.70. The van der Waals surface area contributed by atoms with E-state index in [1.54, 1.807) is 0 Å². The van der Waals surface area contributed by atoms with E-state index in [2.05, 4.69) is 9.31 Å². The lowest BCUT2D eigenvalue weighted by atomic mass is 10.2. The van der Waals surface area contributed by atoms with Gasteiger partial charge in [0.2, 0.25) is 0 Å². The SMILES string of the molecule is O=C1CC(C(=O)O)OBO1. The third-order valence-electron chi connectivity index (χ3n) is 1.12. The number of carboxylic acids is 1. The molecule has 1 aliphatic rings. The van der Waals surface area contributed by atoms with E-state index in [-0.39, 0.29) is 14.1 Å². The average Bonchev–Trinajstić information content (AvgIpc) is 1.88. The highest BCUT2D eigenvalue weighted by molar-refractivity contribution is 6.24. The second-order valence-electron chi connectivity index (χ2n) is 1.83. The molecular weight excluding hydrogens is 139 g/mol. The van der Waals surface area contributed by atoms with Crippen LogP contribution in [0.2, 0.25) is 0 Å². The molecular formula is C4H5BO5. The maximum absolute atomic E-state index is 10.4. The summed E-state index contributed by atoms with van der Waals surface area (Å²) in [5, 5.41) is 8.32. The Morgan fingerprint density at radius 3 is 2.90 bits per heavy atom. The second kappa shape index (κ2) is 2.70. The molecule has 54 valence electrons. The molecule has 1 heterocycles. The molecule has 5 nitrogen and oxygen atoms in total. The van der Waals surface area contributed by atoms with Gasteiger partial charge in [-0.3, -0.25) is 4.79 Å². The normalized spacial score (nSPS) is 24.8. The number of carbonyl (C=O) groups is 2. The number of rotatable bonds is 1. The van der Waals surface area contributed by atoms with E-state index >= 15 is 0 Å². The van der Waals surface area contributed by atoms with Crippen molar-refractivity contribution in [1.82, 2.24) is 0 Å². The van der Waals surface area contributed by atoms with Crippen molar-refractivity contribution in [2.75, 3.05) is 0 Å². The predicted molar refractivity (Wildman–Crippen MR) is 30.4 cm³/mol. The van der Waals surface area contributed by atoms with Crippen molar-refractivity contribution < 1.29 is 24.0 Å². The summed E-state index contributed by atoms with van der Waals surface area (Å²) in [4.78, 5) is 20.6. The minimum absolute atomic E-state index is 0.199. The zero-order chi connectivity index (χ0) is 7.56. The predicted octanol–water partition coefficient (Wildman–Crippen LogP) is -1.33. The fourth-order valence-electron chi connectivity index (χ4n) is 0.610. The number of carbonyl (C=O) groups excluding carboxylic acids is 1. The van der Waals surface area contributed by atoms with Crippen molar-refractivity contribution >= 4 is 19.6 Å². The van der Waals surface area contributed by atoms with E-state index in [9.17, 15) is 9.59 Å². The zero-order valence-electron chi connectivity index (χ0n) is 5.07. The van der Waals surface area contributed by atoms with Crippen LogP contribution in [-0.2, 0) is 18.9 Å². The van der Waals surface area contributed by atoms with Crippen LogP contribution in [0.15, 0.2) is 0 Å². The fraction of sp³-hybridized carbons (Fsp3) is 0.500. The van der Waals surface area contributed by atoms with Crippen molar-refractivity contribution in [2.45, 2.75) is 12.5 Å². The van der Waals surface area contributed by atoms with Crippen LogP contribution in [0, 0.1) is 0 Å². The molecule has 1 N–H and O–H groups in total. The Bertz CT molecular complexity index is 165. The molecule has 0 aromatic carbocycles. The van der Waals surface area contributed by atoms with Gasteiger partial charge in [-0.1, -0.05) is 0 Å². The van der Waals surface area contributed by atoms with Gasteiger partial charge in [0.05, 0.1) is 6.42 Å². The van der Waals surface area contributed by atoms with Gasteiger partial charge in [-0.25, -0.2) is 4.79 Å². The quantitative estimate of drug-likeness (QED) is 0.461. The summed E-state index contributed by atoms with van der Waals surface area (Å²) >= 11 is 0. The van der Waals surface area contributed by atoms with Crippen LogP contribution in [0.3, 0.4) is 0 Å². The van der Waals surface area contributed by atoms with E-state index < -0.39 is 18.0 Å². The van der Waals surface area contributed by atoms with Crippen molar-refractivity contribution in [1.29, 1.82) is 0 Å². The molecule has 0 aromatic rings. The lowest BCUT2D eigenvalue weighted by Crippen LogP contribution is -2.35. The minimum Gasteiger partial charge on any atom is -0.512 e. The van der Waals surface area contributed by atoms with Gasteiger partial charge in [-0.15, -0.1) is 0 Å². The summed E-state index contributed by atoms with van der Waals surface area (Å²) in [6, 6.07) is 0. The van der Waals surface area contributed by atoms with Crippen molar-refractivity contribution in [3.05, 3.63) is 0 Å². The maximum Gasteiger partial charge on any atom is 0.509 e. The molecule has 0 saturated carbocycles. The lowest BCUT2D eigenvalue weighted by molar-refractivity contribution is -0.155. The zero-order valence-corrected chi connectivity index (χ0v) is 5.07. The molecule has 6 heteroatoms. The van der Waals surface area contributed by atoms with E-state index in [1.165, 1.54) is 0 Å². The van der Waals surface area contributed by atoms with Crippen LogP contribution >= 0.6 is 0 Å². The van der Waals surface area contributed by atoms with Crippen LogP contribution in [-0.4, -0.2) is 30.8 Å². The van der Waals surface area contributed by atoms with Crippen LogP contribution in [0.1, 0.15) is 6.42 Å². The number of carboxylic acid groups (broad SMARTS) is 1. The molecule has 1 rings (SSSR count). The molecule has 1 atom stereocenters. The Kier molecular flexibility index (Phi) is 1.91.